The highest BCUT2D eigenvalue weighted by molar-refractivity contribution is 6.06. The van der Waals surface area contributed by atoms with Crippen LogP contribution in [0.25, 0.3) is 5.57 Å². The summed E-state index contributed by atoms with van der Waals surface area (Å²) in [4.78, 5) is 11.3. The van der Waals surface area contributed by atoms with Crippen LogP contribution in [0.2, 0.25) is 0 Å². The average molecular weight is 244 g/mol. The van der Waals surface area contributed by atoms with Gasteiger partial charge in [0, 0.05) is 5.57 Å². The molecule has 0 heterocycles. The van der Waals surface area contributed by atoms with Crippen LogP contribution in [0.1, 0.15) is 51.5 Å². The first-order valence-electron chi connectivity index (χ1n) is 7.04. The van der Waals surface area contributed by atoms with Gasteiger partial charge >= 0.3 is 0 Å². The Bertz CT molecular complexity index is 364. The number of benzene rings is 1. The smallest absolute Gasteiger partial charge is 0.150 e. The minimum atomic E-state index is 0.537. The first-order chi connectivity index (χ1) is 8.81. The number of carbonyl (C=O) groups is 1. The summed E-state index contributed by atoms with van der Waals surface area (Å²) in [6.07, 6.45) is 9.15. The van der Waals surface area contributed by atoms with E-state index < -0.39 is 0 Å². The van der Waals surface area contributed by atoms with Gasteiger partial charge in [-0.1, -0.05) is 69.5 Å². The Labute approximate surface area is 111 Å². The van der Waals surface area contributed by atoms with Gasteiger partial charge in [0.25, 0.3) is 0 Å². The molecule has 0 bridgehead atoms. The van der Waals surface area contributed by atoms with Crippen molar-refractivity contribution in [2.75, 3.05) is 0 Å². The topological polar surface area (TPSA) is 17.1 Å². The molecule has 0 aliphatic carbocycles. The van der Waals surface area contributed by atoms with Crippen LogP contribution in [0.15, 0.2) is 36.4 Å². The molecule has 0 aliphatic rings. The number of hydrogen-bond donors (Lipinski definition) is 0. The molecule has 0 N–H and O–H groups in total. The Kier molecular flexibility index (Phi) is 7.09. The van der Waals surface area contributed by atoms with Crippen molar-refractivity contribution in [3.8, 4) is 0 Å². The zero-order chi connectivity index (χ0) is 13.2. The van der Waals surface area contributed by atoms with Gasteiger partial charge in [0.15, 0.2) is 0 Å². The Morgan fingerprint density at radius 3 is 2.39 bits per heavy atom. The van der Waals surface area contributed by atoms with Gasteiger partial charge in [-0.3, -0.25) is 4.79 Å². The van der Waals surface area contributed by atoms with Crippen LogP contribution < -0.4 is 0 Å². The second kappa shape index (κ2) is 8.68. The SMILES string of the molecule is CCCCC(C=C(C=O)c1ccccc1)CCC. The molecule has 18 heavy (non-hydrogen) atoms. The van der Waals surface area contributed by atoms with E-state index >= 15 is 0 Å². The Balaban J connectivity index is 2.82. The Morgan fingerprint density at radius 2 is 1.83 bits per heavy atom. The Morgan fingerprint density at radius 1 is 1.11 bits per heavy atom. The van der Waals surface area contributed by atoms with E-state index in [4.69, 9.17) is 0 Å². The normalized spacial score (nSPS) is 13.3. The van der Waals surface area contributed by atoms with Crippen LogP contribution in [0.4, 0.5) is 0 Å². The van der Waals surface area contributed by atoms with Gasteiger partial charge in [-0.25, -0.2) is 0 Å². The van der Waals surface area contributed by atoms with E-state index in [2.05, 4.69) is 19.9 Å². The number of carbonyl (C=O) groups excluding carboxylic acids is 1. The van der Waals surface area contributed by atoms with Gasteiger partial charge in [0.2, 0.25) is 0 Å². The summed E-state index contributed by atoms with van der Waals surface area (Å²) in [5.41, 5.74) is 1.87. The highest BCUT2D eigenvalue weighted by Crippen LogP contribution is 2.21. The van der Waals surface area contributed by atoms with E-state index in [0.29, 0.717) is 5.92 Å². The summed E-state index contributed by atoms with van der Waals surface area (Å²) in [5, 5.41) is 0. The van der Waals surface area contributed by atoms with Gasteiger partial charge in [0.05, 0.1) is 0 Å². The van der Waals surface area contributed by atoms with Gasteiger partial charge in [-0.2, -0.15) is 0 Å². The molecule has 0 aliphatic heterocycles. The molecule has 98 valence electrons. The van der Waals surface area contributed by atoms with Crippen molar-refractivity contribution in [1.82, 2.24) is 0 Å². The van der Waals surface area contributed by atoms with E-state index in [1.807, 2.05) is 30.3 Å². The summed E-state index contributed by atoms with van der Waals surface area (Å²) >= 11 is 0. The molecule has 0 aromatic heterocycles. The number of hydrogen-bond acceptors (Lipinski definition) is 1. The molecule has 1 unspecified atom stereocenters. The van der Waals surface area contributed by atoms with Crippen molar-refractivity contribution in [3.05, 3.63) is 42.0 Å². The fourth-order valence-corrected chi connectivity index (χ4v) is 2.24. The van der Waals surface area contributed by atoms with E-state index in [1.54, 1.807) is 0 Å². The maximum absolute atomic E-state index is 11.3. The lowest BCUT2D eigenvalue weighted by Gasteiger charge is -2.12. The minimum absolute atomic E-state index is 0.537. The van der Waals surface area contributed by atoms with E-state index in [0.717, 1.165) is 17.4 Å². The summed E-state index contributed by atoms with van der Waals surface area (Å²) in [7, 11) is 0. The third kappa shape index (κ3) is 4.87. The molecule has 0 amide bonds. The second-order valence-electron chi connectivity index (χ2n) is 4.80. The highest BCUT2D eigenvalue weighted by atomic mass is 16.1. The summed E-state index contributed by atoms with van der Waals surface area (Å²) in [5.74, 6) is 0.537. The van der Waals surface area contributed by atoms with Gasteiger partial charge < -0.3 is 0 Å². The zero-order valence-corrected chi connectivity index (χ0v) is 11.6. The molecule has 0 saturated heterocycles. The second-order valence-corrected chi connectivity index (χ2v) is 4.80. The molecule has 0 spiro atoms. The Hall–Kier alpha value is -1.37. The zero-order valence-electron chi connectivity index (χ0n) is 11.6. The molecule has 0 saturated carbocycles. The lowest BCUT2D eigenvalue weighted by atomic mass is 9.93. The molecular weight excluding hydrogens is 220 g/mol. The fourth-order valence-electron chi connectivity index (χ4n) is 2.24. The lowest BCUT2D eigenvalue weighted by molar-refractivity contribution is -0.103. The van der Waals surface area contributed by atoms with Crippen LogP contribution in [0.5, 0.6) is 0 Å². The molecule has 0 radical (unpaired) electrons. The fraction of sp³-hybridized carbons (Fsp3) is 0.471. The number of aldehydes is 1. The van der Waals surface area contributed by atoms with Crippen molar-refractivity contribution in [1.29, 1.82) is 0 Å². The maximum atomic E-state index is 11.3. The summed E-state index contributed by atoms with van der Waals surface area (Å²) < 4.78 is 0. The standard InChI is InChI=1S/C17H24O/c1-3-5-10-15(9-4-2)13-17(14-18)16-11-7-6-8-12-16/h6-8,11-15H,3-5,9-10H2,1-2H3. The van der Waals surface area contributed by atoms with Crippen molar-refractivity contribution in [2.24, 2.45) is 5.92 Å². The molecule has 1 rings (SSSR count). The summed E-state index contributed by atoms with van der Waals surface area (Å²) in [6, 6.07) is 9.94. The monoisotopic (exact) mass is 244 g/mol. The molecule has 1 aromatic carbocycles. The first kappa shape index (κ1) is 14.7. The number of rotatable bonds is 8. The van der Waals surface area contributed by atoms with Crippen molar-refractivity contribution in [2.45, 2.75) is 46.0 Å². The van der Waals surface area contributed by atoms with Crippen molar-refractivity contribution < 1.29 is 4.79 Å². The molecule has 1 aromatic rings. The van der Waals surface area contributed by atoms with Crippen LogP contribution >= 0.6 is 0 Å². The predicted molar refractivity (Wildman–Crippen MR) is 78.4 cm³/mol. The average Bonchev–Trinajstić information content (AvgIpc) is 2.43. The van der Waals surface area contributed by atoms with Crippen LogP contribution in [0.3, 0.4) is 0 Å². The number of allylic oxidation sites excluding steroid dienone is 2. The third-order valence-corrected chi connectivity index (χ3v) is 3.24. The van der Waals surface area contributed by atoms with Crippen LogP contribution in [0, 0.1) is 5.92 Å². The molecule has 1 nitrogen and oxygen atoms in total. The van der Waals surface area contributed by atoms with E-state index in [9.17, 15) is 4.79 Å². The molecule has 1 atom stereocenters. The van der Waals surface area contributed by atoms with E-state index in [-0.39, 0.29) is 0 Å². The number of unbranched alkanes of at least 4 members (excludes halogenated alkanes) is 1. The van der Waals surface area contributed by atoms with Gasteiger partial charge in [0.1, 0.15) is 6.29 Å². The minimum Gasteiger partial charge on any atom is -0.298 e. The van der Waals surface area contributed by atoms with E-state index in [1.165, 1.54) is 32.1 Å². The first-order valence-corrected chi connectivity index (χ1v) is 7.04. The highest BCUT2D eigenvalue weighted by Gasteiger charge is 2.07. The molecular formula is C17H24O. The largest absolute Gasteiger partial charge is 0.298 e. The lowest BCUT2D eigenvalue weighted by Crippen LogP contribution is -1.99. The summed E-state index contributed by atoms with van der Waals surface area (Å²) in [6.45, 7) is 4.42. The van der Waals surface area contributed by atoms with Crippen LogP contribution in [-0.2, 0) is 4.79 Å². The van der Waals surface area contributed by atoms with Crippen molar-refractivity contribution >= 4 is 11.9 Å². The maximum Gasteiger partial charge on any atom is 0.150 e. The quantitative estimate of drug-likeness (QED) is 0.470. The van der Waals surface area contributed by atoms with Crippen molar-refractivity contribution in [3.63, 3.8) is 0 Å². The molecule has 1 heteroatoms. The van der Waals surface area contributed by atoms with Gasteiger partial charge in [-0.15, -0.1) is 0 Å². The molecule has 0 fully saturated rings. The van der Waals surface area contributed by atoms with Crippen LogP contribution in [-0.4, -0.2) is 6.29 Å². The predicted octanol–water partition coefficient (Wildman–Crippen LogP) is 4.88. The third-order valence-electron chi connectivity index (χ3n) is 3.24. The van der Waals surface area contributed by atoms with Gasteiger partial charge in [-0.05, 0) is 24.3 Å².